The highest BCUT2D eigenvalue weighted by molar-refractivity contribution is 5.79. The number of hydrogen-bond acceptors (Lipinski definition) is 2. The molecule has 2 atom stereocenters. The topological polar surface area (TPSA) is 49.3 Å². The zero-order valence-corrected chi connectivity index (χ0v) is 13.4. The molecule has 0 aromatic rings. The predicted octanol–water partition coefficient (Wildman–Crippen LogP) is 3.28. The molecule has 0 bridgehead atoms. The van der Waals surface area contributed by atoms with Crippen LogP contribution in [0, 0.1) is 17.3 Å². The van der Waals surface area contributed by atoms with Crippen molar-refractivity contribution < 1.29 is 9.90 Å². The molecule has 116 valence electrons. The zero-order valence-electron chi connectivity index (χ0n) is 13.4. The lowest BCUT2D eigenvalue weighted by atomic mass is 9.65. The third-order valence-corrected chi connectivity index (χ3v) is 4.49. The molecule has 0 aromatic carbocycles. The number of nitrogens with one attached hydrogen (secondary N) is 1. The molecule has 3 nitrogen and oxygen atoms in total. The Morgan fingerprint density at radius 1 is 1.30 bits per heavy atom. The van der Waals surface area contributed by atoms with E-state index < -0.39 is 0 Å². The number of hydrogen-bond donors (Lipinski definition) is 2. The molecule has 0 aromatic heterocycles. The van der Waals surface area contributed by atoms with E-state index in [9.17, 15) is 4.79 Å². The highest BCUT2D eigenvalue weighted by atomic mass is 16.2. The summed E-state index contributed by atoms with van der Waals surface area (Å²) >= 11 is 0. The molecule has 20 heavy (non-hydrogen) atoms. The van der Waals surface area contributed by atoms with Gasteiger partial charge in [0.25, 0.3) is 0 Å². The first-order valence-corrected chi connectivity index (χ1v) is 7.91. The minimum atomic E-state index is 0.0779. The molecular formula is C17H31NO2. The molecule has 0 saturated heterocycles. The summed E-state index contributed by atoms with van der Waals surface area (Å²) in [6.07, 6.45) is 5.93. The normalized spacial score (nSPS) is 25.2. The minimum Gasteiger partial charge on any atom is -0.396 e. The third kappa shape index (κ3) is 5.28. The molecule has 1 aliphatic carbocycles. The van der Waals surface area contributed by atoms with Gasteiger partial charge in [-0.2, -0.15) is 0 Å². The minimum absolute atomic E-state index is 0.0779. The van der Waals surface area contributed by atoms with Gasteiger partial charge in [0.05, 0.1) is 0 Å². The monoisotopic (exact) mass is 281 g/mol. The molecule has 3 heteroatoms. The summed E-state index contributed by atoms with van der Waals surface area (Å²) in [5.41, 5.74) is 1.39. The first-order chi connectivity index (χ1) is 9.37. The molecule has 1 saturated carbocycles. The molecule has 1 amide bonds. The Balaban J connectivity index is 2.50. The van der Waals surface area contributed by atoms with Gasteiger partial charge in [0.15, 0.2) is 0 Å². The Hall–Kier alpha value is -0.830. The zero-order chi connectivity index (χ0) is 15.2. The molecule has 0 radical (unpaired) electrons. The number of allylic oxidation sites excluding steroid dienone is 1. The maximum Gasteiger partial charge on any atom is 0.223 e. The van der Waals surface area contributed by atoms with Crippen LogP contribution in [0.5, 0.6) is 0 Å². The second-order valence-electron chi connectivity index (χ2n) is 7.04. The molecule has 1 aliphatic rings. The van der Waals surface area contributed by atoms with Crippen molar-refractivity contribution in [2.45, 2.75) is 59.3 Å². The van der Waals surface area contributed by atoms with E-state index in [0.29, 0.717) is 5.92 Å². The van der Waals surface area contributed by atoms with Crippen LogP contribution in [-0.4, -0.2) is 24.2 Å². The van der Waals surface area contributed by atoms with E-state index in [1.807, 2.05) is 6.92 Å². The Labute approximate surface area is 123 Å². The van der Waals surface area contributed by atoms with Gasteiger partial charge in [-0.05, 0) is 56.8 Å². The van der Waals surface area contributed by atoms with Gasteiger partial charge in [0.2, 0.25) is 5.91 Å². The molecule has 2 N–H and O–H groups in total. The Morgan fingerprint density at radius 3 is 2.60 bits per heavy atom. The van der Waals surface area contributed by atoms with Crippen LogP contribution in [-0.2, 0) is 4.79 Å². The summed E-state index contributed by atoms with van der Waals surface area (Å²) in [5.74, 6) is 0.601. The van der Waals surface area contributed by atoms with Crippen LogP contribution >= 0.6 is 0 Å². The summed E-state index contributed by atoms with van der Waals surface area (Å²) in [5, 5.41) is 11.8. The fourth-order valence-corrected chi connectivity index (χ4v) is 3.21. The SMILES string of the molecule is C=C(C)C1CCC(C)(C)CC1C(=O)NCCCCCO. The summed E-state index contributed by atoms with van der Waals surface area (Å²) < 4.78 is 0. The van der Waals surface area contributed by atoms with Crippen LogP contribution in [0.25, 0.3) is 0 Å². The van der Waals surface area contributed by atoms with E-state index in [-0.39, 0.29) is 23.8 Å². The van der Waals surface area contributed by atoms with Crippen LogP contribution < -0.4 is 5.32 Å². The van der Waals surface area contributed by atoms with Crippen molar-refractivity contribution in [3.63, 3.8) is 0 Å². The van der Waals surface area contributed by atoms with Crippen LogP contribution in [0.3, 0.4) is 0 Å². The largest absolute Gasteiger partial charge is 0.396 e. The van der Waals surface area contributed by atoms with Crippen molar-refractivity contribution >= 4 is 5.91 Å². The van der Waals surface area contributed by atoms with Crippen molar-refractivity contribution in [2.75, 3.05) is 13.2 Å². The molecule has 1 fully saturated rings. The number of aliphatic hydroxyl groups is 1. The van der Waals surface area contributed by atoms with Crippen molar-refractivity contribution in [1.29, 1.82) is 0 Å². The number of amides is 1. The van der Waals surface area contributed by atoms with Crippen molar-refractivity contribution in [1.82, 2.24) is 5.32 Å². The van der Waals surface area contributed by atoms with Gasteiger partial charge in [-0.3, -0.25) is 4.79 Å². The molecule has 0 aliphatic heterocycles. The number of unbranched alkanes of at least 4 members (excludes halogenated alkanes) is 2. The quantitative estimate of drug-likeness (QED) is 0.556. The average Bonchev–Trinajstić information content (AvgIpc) is 2.36. The van der Waals surface area contributed by atoms with Gasteiger partial charge in [-0.1, -0.05) is 26.0 Å². The van der Waals surface area contributed by atoms with Gasteiger partial charge in [-0.15, -0.1) is 0 Å². The van der Waals surface area contributed by atoms with Gasteiger partial charge in [0.1, 0.15) is 0 Å². The fourth-order valence-electron chi connectivity index (χ4n) is 3.21. The van der Waals surface area contributed by atoms with Crippen molar-refractivity contribution in [3.8, 4) is 0 Å². The van der Waals surface area contributed by atoms with Crippen LogP contribution in [0.1, 0.15) is 59.3 Å². The lowest BCUT2D eigenvalue weighted by Gasteiger charge is -2.40. The third-order valence-electron chi connectivity index (χ3n) is 4.49. The molecule has 0 spiro atoms. The van der Waals surface area contributed by atoms with Crippen molar-refractivity contribution in [3.05, 3.63) is 12.2 Å². The molecular weight excluding hydrogens is 250 g/mol. The summed E-state index contributed by atoms with van der Waals surface area (Å²) in [6, 6.07) is 0. The number of carbonyl (C=O) groups excluding carboxylic acids is 1. The van der Waals surface area contributed by atoms with Gasteiger partial charge in [0, 0.05) is 19.1 Å². The maximum absolute atomic E-state index is 12.4. The standard InChI is InChI=1S/C17H31NO2/c1-13(2)14-8-9-17(3,4)12-15(14)16(20)18-10-6-5-7-11-19/h14-15,19H,1,5-12H2,2-4H3,(H,18,20). The van der Waals surface area contributed by atoms with E-state index in [2.05, 4.69) is 25.7 Å². The summed E-state index contributed by atoms with van der Waals surface area (Å²) in [4.78, 5) is 12.4. The first-order valence-electron chi connectivity index (χ1n) is 7.91. The van der Waals surface area contributed by atoms with Gasteiger partial charge < -0.3 is 10.4 Å². The highest BCUT2D eigenvalue weighted by Gasteiger charge is 2.38. The molecule has 1 rings (SSSR count). The van der Waals surface area contributed by atoms with Crippen LogP contribution in [0.15, 0.2) is 12.2 Å². The maximum atomic E-state index is 12.4. The molecule has 2 unspecified atom stereocenters. The summed E-state index contributed by atoms with van der Waals surface area (Å²) in [7, 11) is 0. The number of carbonyl (C=O) groups is 1. The van der Waals surface area contributed by atoms with Crippen LogP contribution in [0.4, 0.5) is 0 Å². The van der Waals surface area contributed by atoms with Gasteiger partial charge >= 0.3 is 0 Å². The van der Waals surface area contributed by atoms with Crippen LogP contribution in [0.2, 0.25) is 0 Å². The van der Waals surface area contributed by atoms with E-state index >= 15 is 0 Å². The number of aliphatic hydroxyl groups excluding tert-OH is 1. The average molecular weight is 281 g/mol. The summed E-state index contributed by atoms with van der Waals surface area (Å²) in [6.45, 7) is 11.6. The Bertz CT molecular complexity index is 336. The van der Waals surface area contributed by atoms with Crippen molar-refractivity contribution in [2.24, 2.45) is 17.3 Å². The number of rotatable bonds is 7. The lowest BCUT2D eigenvalue weighted by Crippen LogP contribution is -2.41. The van der Waals surface area contributed by atoms with E-state index in [1.54, 1.807) is 0 Å². The second kappa shape index (κ2) is 7.82. The fraction of sp³-hybridized carbons (Fsp3) is 0.824. The Kier molecular flexibility index (Phi) is 6.74. The smallest absolute Gasteiger partial charge is 0.223 e. The molecule has 0 heterocycles. The Morgan fingerprint density at radius 2 is 2.00 bits per heavy atom. The van der Waals surface area contributed by atoms with E-state index in [4.69, 9.17) is 5.11 Å². The second-order valence-corrected chi connectivity index (χ2v) is 7.04. The highest BCUT2D eigenvalue weighted by Crippen LogP contribution is 2.44. The van der Waals surface area contributed by atoms with E-state index in [0.717, 1.165) is 44.2 Å². The lowest BCUT2D eigenvalue weighted by molar-refractivity contribution is -0.128. The predicted molar refractivity (Wildman–Crippen MR) is 83.4 cm³/mol. The first kappa shape index (κ1) is 17.2. The van der Waals surface area contributed by atoms with Gasteiger partial charge in [-0.25, -0.2) is 0 Å². The van der Waals surface area contributed by atoms with E-state index in [1.165, 1.54) is 6.42 Å².